The number of alkyl halides is 3. The fourth-order valence-corrected chi connectivity index (χ4v) is 1.66. The fourth-order valence-electron chi connectivity index (χ4n) is 1.66. The van der Waals surface area contributed by atoms with Crippen LogP contribution < -0.4 is 0 Å². The fraction of sp³-hybridized carbons (Fsp3) is 0.231. The van der Waals surface area contributed by atoms with E-state index >= 15 is 0 Å². The highest BCUT2D eigenvalue weighted by molar-refractivity contribution is 5.86. The summed E-state index contributed by atoms with van der Waals surface area (Å²) in [6.07, 6.45) is -4.10. The molecule has 0 unspecified atom stereocenters. The maximum atomic E-state index is 12.7. The molecule has 106 valence electrons. The Hall–Kier alpha value is -2.31. The molecule has 0 bridgehead atoms. The molecule has 1 aromatic heterocycles. The van der Waals surface area contributed by atoms with Gasteiger partial charge in [-0.25, -0.2) is 9.78 Å². The average molecular weight is 285 g/mol. The van der Waals surface area contributed by atoms with Crippen LogP contribution in [-0.4, -0.2) is 16.1 Å². The molecule has 4 nitrogen and oxygen atoms in total. The van der Waals surface area contributed by atoms with Crippen molar-refractivity contribution >= 4 is 5.97 Å². The van der Waals surface area contributed by atoms with E-state index in [2.05, 4.69) is 4.98 Å². The number of rotatable bonds is 3. The van der Waals surface area contributed by atoms with E-state index in [1.54, 1.807) is 12.1 Å². The van der Waals surface area contributed by atoms with Crippen molar-refractivity contribution in [3.05, 3.63) is 41.3 Å². The minimum absolute atomic E-state index is 0.292. The van der Waals surface area contributed by atoms with Gasteiger partial charge in [0.2, 0.25) is 11.7 Å². The van der Waals surface area contributed by atoms with Gasteiger partial charge >= 0.3 is 12.1 Å². The predicted molar refractivity (Wildman–Crippen MR) is 63.3 cm³/mol. The lowest BCUT2D eigenvalue weighted by Gasteiger charge is -2.00. The van der Waals surface area contributed by atoms with Crippen LogP contribution in [0.25, 0.3) is 11.5 Å². The van der Waals surface area contributed by atoms with Crippen molar-refractivity contribution in [2.45, 2.75) is 19.5 Å². The number of nitrogens with zero attached hydrogens (tertiary/aromatic N) is 1. The molecule has 1 aromatic carbocycles. The van der Waals surface area contributed by atoms with Crippen molar-refractivity contribution in [3.8, 4) is 11.5 Å². The molecule has 2 rings (SSSR count). The topological polar surface area (TPSA) is 63.3 Å². The van der Waals surface area contributed by atoms with Crippen LogP contribution in [0.4, 0.5) is 13.2 Å². The first-order valence-electron chi connectivity index (χ1n) is 5.73. The zero-order valence-electron chi connectivity index (χ0n) is 10.4. The van der Waals surface area contributed by atoms with Gasteiger partial charge in [-0.3, -0.25) is 0 Å². The smallest absolute Gasteiger partial charge is 0.437 e. The summed E-state index contributed by atoms with van der Waals surface area (Å²) in [7, 11) is 0. The number of hydrogen-bond acceptors (Lipinski definition) is 3. The molecule has 2 aromatic rings. The van der Waals surface area contributed by atoms with Gasteiger partial charge in [-0.1, -0.05) is 19.1 Å². The van der Waals surface area contributed by atoms with Crippen molar-refractivity contribution in [2.75, 3.05) is 0 Å². The van der Waals surface area contributed by atoms with Gasteiger partial charge in [-0.05, 0) is 24.1 Å². The molecular weight excluding hydrogens is 275 g/mol. The molecule has 1 heterocycles. The standard InChI is InChI=1S/C13H10F3NO3/c1-2-7-3-5-8(6-4-7)11-17-10(13(14,15)16)9(20-11)12(18)19/h3-6H,2H2,1H3,(H,18,19). The summed E-state index contributed by atoms with van der Waals surface area (Å²) in [5.74, 6) is -3.37. The summed E-state index contributed by atoms with van der Waals surface area (Å²) in [5, 5.41) is 8.74. The molecule has 0 aliphatic carbocycles. The van der Waals surface area contributed by atoms with Crippen molar-refractivity contribution < 1.29 is 27.5 Å². The Balaban J connectivity index is 2.50. The van der Waals surface area contributed by atoms with Crippen molar-refractivity contribution in [3.63, 3.8) is 0 Å². The summed E-state index contributed by atoms with van der Waals surface area (Å²) in [5.41, 5.74) is -0.241. The minimum Gasteiger partial charge on any atom is -0.475 e. The molecular formula is C13H10F3NO3. The SMILES string of the molecule is CCc1ccc(-c2nc(C(F)(F)F)c(C(=O)O)o2)cc1. The van der Waals surface area contributed by atoms with Crippen molar-refractivity contribution in [1.82, 2.24) is 4.98 Å². The normalized spacial score (nSPS) is 11.6. The number of carboxylic acid groups (broad SMARTS) is 1. The first-order valence-corrected chi connectivity index (χ1v) is 5.73. The summed E-state index contributed by atoms with van der Waals surface area (Å²) in [6.45, 7) is 1.93. The van der Waals surface area contributed by atoms with E-state index < -0.39 is 23.6 Å². The van der Waals surface area contributed by atoms with E-state index in [0.717, 1.165) is 12.0 Å². The largest absolute Gasteiger partial charge is 0.475 e. The van der Waals surface area contributed by atoms with Gasteiger partial charge < -0.3 is 9.52 Å². The number of aromatic carboxylic acids is 1. The Labute approximate surface area is 111 Å². The Morgan fingerprint density at radius 3 is 2.30 bits per heavy atom. The van der Waals surface area contributed by atoms with Crippen LogP contribution in [0.1, 0.15) is 28.7 Å². The summed E-state index contributed by atoms with van der Waals surface area (Å²) < 4.78 is 42.7. The lowest BCUT2D eigenvalue weighted by molar-refractivity contribution is -0.141. The van der Waals surface area contributed by atoms with Crippen LogP contribution in [0.5, 0.6) is 0 Å². The van der Waals surface area contributed by atoms with E-state index in [0.29, 0.717) is 5.56 Å². The summed E-state index contributed by atoms with van der Waals surface area (Å²) in [6, 6.07) is 6.51. The molecule has 0 saturated heterocycles. The number of aromatic nitrogens is 1. The van der Waals surface area contributed by atoms with Crippen LogP contribution >= 0.6 is 0 Å². The highest BCUT2D eigenvalue weighted by Gasteiger charge is 2.41. The number of aryl methyl sites for hydroxylation is 1. The number of hydrogen-bond donors (Lipinski definition) is 1. The zero-order chi connectivity index (χ0) is 14.9. The van der Waals surface area contributed by atoms with Gasteiger partial charge in [0.05, 0.1) is 0 Å². The first kappa shape index (κ1) is 14.1. The number of oxazole rings is 1. The second-order valence-electron chi connectivity index (χ2n) is 4.05. The van der Waals surface area contributed by atoms with E-state index in [9.17, 15) is 18.0 Å². The minimum atomic E-state index is -4.88. The van der Waals surface area contributed by atoms with Gasteiger partial charge in [0, 0.05) is 5.56 Å². The van der Waals surface area contributed by atoms with Crippen LogP contribution in [0, 0.1) is 0 Å². The number of benzene rings is 1. The van der Waals surface area contributed by atoms with Gasteiger partial charge in [0.25, 0.3) is 0 Å². The second-order valence-corrected chi connectivity index (χ2v) is 4.05. The molecule has 0 spiro atoms. The van der Waals surface area contributed by atoms with E-state index in [1.165, 1.54) is 12.1 Å². The van der Waals surface area contributed by atoms with Crippen LogP contribution in [0.2, 0.25) is 0 Å². The highest BCUT2D eigenvalue weighted by atomic mass is 19.4. The number of carbonyl (C=O) groups is 1. The second kappa shape index (κ2) is 4.99. The third-order valence-corrected chi connectivity index (χ3v) is 2.70. The maximum Gasteiger partial charge on any atom is 0.437 e. The monoisotopic (exact) mass is 285 g/mol. The maximum absolute atomic E-state index is 12.7. The highest BCUT2D eigenvalue weighted by Crippen LogP contribution is 2.34. The number of halogens is 3. The molecule has 0 aliphatic rings. The first-order chi connectivity index (χ1) is 9.32. The predicted octanol–water partition coefficient (Wildman–Crippen LogP) is 3.62. The Morgan fingerprint density at radius 1 is 1.30 bits per heavy atom. The van der Waals surface area contributed by atoms with Crippen LogP contribution in [0.3, 0.4) is 0 Å². The third kappa shape index (κ3) is 2.66. The van der Waals surface area contributed by atoms with Crippen LogP contribution in [-0.2, 0) is 12.6 Å². The van der Waals surface area contributed by atoms with Crippen LogP contribution in [0.15, 0.2) is 28.7 Å². The molecule has 7 heteroatoms. The average Bonchev–Trinajstić information content (AvgIpc) is 2.84. The molecule has 20 heavy (non-hydrogen) atoms. The zero-order valence-corrected chi connectivity index (χ0v) is 10.4. The van der Waals surface area contributed by atoms with E-state index in [1.807, 2.05) is 6.92 Å². The van der Waals surface area contributed by atoms with Gasteiger partial charge in [0.15, 0.2) is 5.69 Å². The molecule has 1 N–H and O–H groups in total. The number of carboxylic acids is 1. The molecule has 0 fully saturated rings. The molecule has 0 saturated carbocycles. The van der Waals surface area contributed by atoms with Gasteiger partial charge in [-0.15, -0.1) is 0 Å². The Bertz CT molecular complexity index is 629. The Kier molecular flexibility index (Phi) is 3.52. The van der Waals surface area contributed by atoms with Gasteiger partial charge in [-0.2, -0.15) is 13.2 Å². The van der Waals surface area contributed by atoms with Crippen molar-refractivity contribution in [1.29, 1.82) is 0 Å². The summed E-state index contributed by atoms with van der Waals surface area (Å²) >= 11 is 0. The van der Waals surface area contributed by atoms with E-state index in [4.69, 9.17) is 9.52 Å². The molecule has 0 atom stereocenters. The molecule has 0 amide bonds. The van der Waals surface area contributed by atoms with Gasteiger partial charge in [0.1, 0.15) is 0 Å². The third-order valence-electron chi connectivity index (χ3n) is 2.70. The lowest BCUT2D eigenvalue weighted by atomic mass is 10.1. The lowest BCUT2D eigenvalue weighted by Crippen LogP contribution is -2.11. The Morgan fingerprint density at radius 2 is 1.90 bits per heavy atom. The van der Waals surface area contributed by atoms with Crippen molar-refractivity contribution in [2.24, 2.45) is 0 Å². The van der Waals surface area contributed by atoms with E-state index in [-0.39, 0.29) is 5.89 Å². The molecule has 0 aliphatic heterocycles. The quantitative estimate of drug-likeness (QED) is 0.935. The molecule has 0 radical (unpaired) electrons. The summed E-state index contributed by atoms with van der Waals surface area (Å²) in [4.78, 5) is 14.0.